The first kappa shape index (κ1) is 16.3. The molecule has 0 spiro atoms. The van der Waals surface area contributed by atoms with Crippen molar-refractivity contribution in [3.63, 3.8) is 0 Å². The Morgan fingerprint density at radius 3 is 2.58 bits per heavy atom. The van der Waals surface area contributed by atoms with Gasteiger partial charge < -0.3 is 15.8 Å². The lowest BCUT2D eigenvalue weighted by Gasteiger charge is -2.23. The molecular formula is C18H19N3O2S. The number of aromatic nitrogens is 1. The zero-order valence-corrected chi connectivity index (χ0v) is 14.6. The van der Waals surface area contributed by atoms with Crippen molar-refractivity contribution in [1.29, 1.82) is 0 Å². The van der Waals surface area contributed by atoms with E-state index >= 15 is 0 Å². The summed E-state index contributed by atoms with van der Waals surface area (Å²) in [5.74, 6) is 0.657. The number of hydrogen-bond acceptors (Lipinski definition) is 5. The smallest absolute Gasteiger partial charge is 0.236 e. The predicted octanol–water partition coefficient (Wildman–Crippen LogP) is 3.80. The van der Waals surface area contributed by atoms with Gasteiger partial charge in [0.2, 0.25) is 5.91 Å². The quantitative estimate of drug-likeness (QED) is 0.708. The number of hydrogen-bond donors (Lipinski definition) is 2. The molecule has 3 N–H and O–H groups in total. The summed E-state index contributed by atoms with van der Waals surface area (Å²) in [6.45, 7) is 3.76. The van der Waals surface area contributed by atoms with Crippen LogP contribution in [0.3, 0.4) is 0 Å². The van der Waals surface area contributed by atoms with E-state index in [-0.39, 0.29) is 5.91 Å². The molecule has 0 aliphatic carbocycles. The lowest BCUT2D eigenvalue weighted by Crippen LogP contribution is -2.34. The van der Waals surface area contributed by atoms with Crippen LogP contribution < -0.4 is 15.8 Å². The third-order valence-corrected chi connectivity index (χ3v) is 4.95. The maximum absolute atomic E-state index is 12.7. The predicted molar refractivity (Wildman–Crippen MR) is 98.7 cm³/mol. The van der Waals surface area contributed by atoms with Gasteiger partial charge >= 0.3 is 0 Å². The normalized spacial score (nSPS) is 11.5. The van der Waals surface area contributed by atoms with Crippen LogP contribution in [0.1, 0.15) is 19.4 Å². The molecule has 0 bridgehead atoms. The molecule has 0 aliphatic rings. The van der Waals surface area contributed by atoms with E-state index < -0.39 is 5.41 Å². The summed E-state index contributed by atoms with van der Waals surface area (Å²) in [4.78, 5) is 17.2. The van der Waals surface area contributed by atoms with Crippen LogP contribution in [0.15, 0.2) is 42.5 Å². The van der Waals surface area contributed by atoms with Crippen molar-refractivity contribution in [3.05, 3.63) is 48.0 Å². The van der Waals surface area contributed by atoms with Crippen molar-refractivity contribution in [3.8, 4) is 5.75 Å². The Balaban J connectivity index is 1.84. The van der Waals surface area contributed by atoms with Crippen LogP contribution in [0.5, 0.6) is 5.75 Å². The second-order valence-electron chi connectivity index (χ2n) is 6.05. The highest BCUT2D eigenvalue weighted by Crippen LogP contribution is 2.31. The fourth-order valence-corrected chi connectivity index (χ4v) is 3.26. The number of nitrogens with zero attached hydrogens (tertiary/aromatic N) is 1. The number of anilines is 2. The highest BCUT2D eigenvalue weighted by atomic mass is 32.1. The number of nitrogens with two attached hydrogens (primary N) is 1. The fraction of sp³-hybridized carbons (Fsp3) is 0.222. The molecule has 0 saturated carbocycles. The fourth-order valence-electron chi connectivity index (χ4n) is 2.37. The minimum atomic E-state index is -0.691. The summed E-state index contributed by atoms with van der Waals surface area (Å²) in [6, 6.07) is 13.0. The molecular weight excluding hydrogens is 322 g/mol. The number of nitrogens with one attached hydrogen (secondary N) is 1. The maximum atomic E-state index is 12.7. The summed E-state index contributed by atoms with van der Waals surface area (Å²) in [5, 5.41) is 3.49. The standard InChI is InChI=1S/C18H19N3O2S/c1-18(2,11-4-6-12(19)7-5-11)16(22)21-17-20-14-9-8-13(23-3)10-15(14)24-17/h4-10H,19H2,1-3H3,(H,20,21,22). The zero-order chi connectivity index (χ0) is 17.3. The van der Waals surface area contributed by atoms with Gasteiger partial charge in [0, 0.05) is 5.69 Å². The molecule has 1 aromatic heterocycles. The lowest BCUT2D eigenvalue weighted by atomic mass is 9.83. The first-order valence-electron chi connectivity index (χ1n) is 7.52. The van der Waals surface area contributed by atoms with Crippen molar-refractivity contribution in [2.24, 2.45) is 0 Å². The van der Waals surface area contributed by atoms with Gasteiger partial charge in [0.15, 0.2) is 5.13 Å². The number of amides is 1. The molecule has 124 valence electrons. The van der Waals surface area contributed by atoms with E-state index in [0.717, 1.165) is 21.5 Å². The van der Waals surface area contributed by atoms with Gasteiger partial charge in [-0.05, 0) is 49.7 Å². The molecule has 0 unspecified atom stereocenters. The van der Waals surface area contributed by atoms with Crippen LogP contribution in [-0.4, -0.2) is 18.0 Å². The highest BCUT2D eigenvalue weighted by Gasteiger charge is 2.30. The van der Waals surface area contributed by atoms with E-state index in [2.05, 4.69) is 10.3 Å². The Morgan fingerprint density at radius 1 is 1.21 bits per heavy atom. The number of fused-ring (bicyclic) bond motifs is 1. The summed E-state index contributed by atoms with van der Waals surface area (Å²) in [6.07, 6.45) is 0. The summed E-state index contributed by atoms with van der Waals surface area (Å²) < 4.78 is 6.18. The molecule has 24 heavy (non-hydrogen) atoms. The Hall–Kier alpha value is -2.60. The zero-order valence-electron chi connectivity index (χ0n) is 13.8. The molecule has 1 amide bonds. The van der Waals surface area contributed by atoms with Gasteiger partial charge in [0.1, 0.15) is 5.75 Å². The molecule has 6 heteroatoms. The summed E-state index contributed by atoms with van der Waals surface area (Å²) in [5.41, 5.74) is 7.44. The second kappa shape index (κ2) is 6.13. The largest absolute Gasteiger partial charge is 0.497 e. The van der Waals surface area contributed by atoms with Crippen LogP contribution in [0.2, 0.25) is 0 Å². The number of benzene rings is 2. The van der Waals surface area contributed by atoms with Crippen LogP contribution in [0.4, 0.5) is 10.8 Å². The van der Waals surface area contributed by atoms with E-state index in [4.69, 9.17) is 10.5 Å². The minimum absolute atomic E-state index is 0.113. The SMILES string of the molecule is COc1ccc2nc(NC(=O)C(C)(C)c3ccc(N)cc3)sc2c1. The minimum Gasteiger partial charge on any atom is -0.497 e. The highest BCUT2D eigenvalue weighted by molar-refractivity contribution is 7.22. The van der Waals surface area contributed by atoms with E-state index in [9.17, 15) is 4.79 Å². The molecule has 0 aliphatic heterocycles. The number of carbonyl (C=O) groups excluding carboxylic acids is 1. The van der Waals surface area contributed by atoms with Gasteiger partial charge in [-0.3, -0.25) is 4.79 Å². The number of methoxy groups -OCH3 is 1. The van der Waals surface area contributed by atoms with E-state index in [1.165, 1.54) is 11.3 Å². The van der Waals surface area contributed by atoms with Crippen LogP contribution >= 0.6 is 11.3 Å². The van der Waals surface area contributed by atoms with Gasteiger partial charge in [-0.2, -0.15) is 0 Å². The molecule has 3 rings (SSSR count). The van der Waals surface area contributed by atoms with Crippen LogP contribution in [0, 0.1) is 0 Å². The van der Waals surface area contributed by atoms with Gasteiger partial charge in [-0.1, -0.05) is 23.5 Å². The number of nitrogen functional groups attached to an aromatic ring is 1. The van der Waals surface area contributed by atoms with E-state index in [1.807, 2.05) is 44.2 Å². The average molecular weight is 341 g/mol. The van der Waals surface area contributed by atoms with Crippen molar-refractivity contribution in [2.75, 3.05) is 18.2 Å². The molecule has 0 atom stereocenters. The molecule has 3 aromatic rings. The Morgan fingerprint density at radius 2 is 1.92 bits per heavy atom. The number of ether oxygens (including phenoxy) is 1. The molecule has 0 saturated heterocycles. The first-order chi connectivity index (χ1) is 11.4. The summed E-state index contributed by atoms with van der Waals surface area (Å²) >= 11 is 1.43. The third kappa shape index (κ3) is 3.05. The lowest BCUT2D eigenvalue weighted by molar-refractivity contribution is -0.120. The molecule has 2 aromatic carbocycles. The molecule has 5 nitrogen and oxygen atoms in total. The van der Waals surface area contributed by atoms with Crippen LogP contribution in [0.25, 0.3) is 10.2 Å². The Bertz CT molecular complexity index is 885. The summed E-state index contributed by atoms with van der Waals surface area (Å²) in [7, 11) is 1.63. The van der Waals surface area contributed by atoms with Gasteiger partial charge in [0.05, 0.1) is 22.7 Å². The van der Waals surface area contributed by atoms with Gasteiger partial charge in [-0.25, -0.2) is 4.98 Å². The maximum Gasteiger partial charge on any atom is 0.236 e. The number of carbonyl (C=O) groups is 1. The topological polar surface area (TPSA) is 77.2 Å². The van der Waals surface area contributed by atoms with Crippen LogP contribution in [-0.2, 0) is 10.2 Å². The molecule has 0 fully saturated rings. The first-order valence-corrected chi connectivity index (χ1v) is 8.34. The van der Waals surface area contributed by atoms with Crippen molar-refractivity contribution >= 4 is 38.3 Å². The van der Waals surface area contributed by atoms with Gasteiger partial charge in [-0.15, -0.1) is 0 Å². The number of thiazole rings is 1. The van der Waals surface area contributed by atoms with E-state index in [0.29, 0.717) is 10.8 Å². The van der Waals surface area contributed by atoms with Crippen molar-refractivity contribution in [2.45, 2.75) is 19.3 Å². The molecule has 1 heterocycles. The van der Waals surface area contributed by atoms with E-state index in [1.54, 1.807) is 19.2 Å². The average Bonchev–Trinajstić information content (AvgIpc) is 2.96. The van der Waals surface area contributed by atoms with Crippen molar-refractivity contribution in [1.82, 2.24) is 4.98 Å². The van der Waals surface area contributed by atoms with Crippen molar-refractivity contribution < 1.29 is 9.53 Å². The second-order valence-corrected chi connectivity index (χ2v) is 7.08. The Labute approximate surface area is 144 Å². The van der Waals surface area contributed by atoms with Gasteiger partial charge in [0.25, 0.3) is 0 Å². The Kier molecular flexibility index (Phi) is 4.15. The molecule has 0 radical (unpaired) electrons. The monoisotopic (exact) mass is 341 g/mol. The third-order valence-electron chi connectivity index (χ3n) is 4.02. The number of rotatable bonds is 4.